The summed E-state index contributed by atoms with van der Waals surface area (Å²) in [6.07, 6.45) is 4.84. The standard InChI is InChI=1S/C19H21N3O2/c1-2-22(12-9-14-7-10-20-11-8-14)19(24)17-13-15-5-3-4-6-16(15)18(23)21-17/h3-8,10-11,17H,2,9,12-13H2,1H3,(H,21,23). The zero-order valence-electron chi connectivity index (χ0n) is 13.7. The molecule has 1 aliphatic rings. The Kier molecular flexibility index (Phi) is 4.89. The van der Waals surface area contributed by atoms with Crippen molar-refractivity contribution in [2.45, 2.75) is 25.8 Å². The molecule has 2 amide bonds. The van der Waals surface area contributed by atoms with Gasteiger partial charge in [-0.15, -0.1) is 0 Å². The molecule has 24 heavy (non-hydrogen) atoms. The van der Waals surface area contributed by atoms with Crippen molar-refractivity contribution in [2.24, 2.45) is 0 Å². The van der Waals surface area contributed by atoms with Crippen LogP contribution in [0.1, 0.15) is 28.4 Å². The Hall–Kier alpha value is -2.69. The zero-order chi connectivity index (χ0) is 16.9. The second-order valence-electron chi connectivity index (χ2n) is 5.91. The molecule has 0 radical (unpaired) electrons. The minimum atomic E-state index is -0.482. The molecule has 1 aromatic heterocycles. The molecule has 124 valence electrons. The van der Waals surface area contributed by atoms with Crippen LogP contribution in [-0.4, -0.2) is 40.8 Å². The first-order chi connectivity index (χ1) is 11.7. The van der Waals surface area contributed by atoms with E-state index in [0.29, 0.717) is 25.1 Å². The maximum Gasteiger partial charge on any atom is 0.252 e. The van der Waals surface area contributed by atoms with E-state index in [-0.39, 0.29) is 11.8 Å². The van der Waals surface area contributed by atoms with E-state index in [9.17, 15) is 9.59 Å². The van der Waals surface area contributed by atoms with E-state index < -0.39 is 6.04 Å². The molecule has 0 spiro atoms. The highest BCUT2D eigenvalue weighted by Gasteiger charge is 2.31. The van der Waals surface area contributed by atoms with Gasteiger partial charge in [0.05, 0.1) is 0 Å². The summed E-state index contributed by atoms with van der Waals surface area (Å²) in [7, 11) is 0. The number of nitrogens with zero attached hydrogens (tertiary/aromatic N) is 2. The van der Waals surface area contributed by atoms with Crippen LogP contribution in [0.4, 0.5) is 0 Å². The number of likely N-dealkylation sites (N-methyl/N-ethyl adjacent to an activating group) is 1. The molecule has 1 N–H and O–H groups in total. The highest BCUT2D eigenvalue weighted by atomic mass is 16.2. The van der Waals surface area contributed by atoms with Gasteiger partial charge in [0.15, 0.2) is 0 Å². The molecule has 0 saturated carbocycles. The Labute approximate surface area is 141 Å². The Morgan fingerprint density at radius 1 is 1.25 bits per heavy atom. The van der Waals surface area contributed by atoms with Crippen molar-refractivity contribution < 1.29 is 9.59 Å². The fourth-order valence-corrected chi connectivity index (χ4v) is 3.03. The molecule has 0 fully saturated rings. The highest BCUT2D eigenvalue weighted by Crippen LogP contribution is 2.17. The van der Waals surface area contributed by atoms with Crippen LogP contribution >= 0.6 is 0 Å². The van der Waals surface area contributed by atoms with Gasteiger partial charge >= 0.3 is 0 Å². The number of rotatable bonds is 5. The minimum absolute atomic E-state index is 0.0191. The first kappa shape index (κ1) is 16.2. The first-order valence-corrected chi connectivity index (χ1v) is 8.25. The van der Waals surface area contributed by atoms with Crippen LogP contribution in [0.2, 0.25) is 0 Å². The fraction of sp³-hybridized carbons (Fsp3) is 0.316. The Morgan fingerprint density at radius 3 is 2.75 bits per heavy atom. The SMILES string of the molecule is CCN(CCc1ccncc1)C(=O)C1Cc2ccccc2C(=O)N1. The van der Waals surface area contributed by atoms with E-state index in [4.69, 9.17) is 0 Å². The van der Waals surface area contributed by atoms with Gasteiger partial charge < -0.3 is 10.2 Å². The summed E-state index contributed by atoms with van der Waals surface area (Å²) in [5, 5.41) is 2.85. The maximum absolute atomic E-state index is 12.8. The molecule has 1 unspecified atom stereocenters. The van der Waals surface area contributed by atoms with E-state index in [0.717, 1.165) is 17.5 Å². The summed E-state index contributed by atoms with van der Waals surface area (Å²) in [6.45, 7) is 3.22. The predicted molar refractivity (Wildman–Crippen MR) is 91.6 cm³/mol. The van der Waals surface area contributed by atoms with E-state index in [1.165, 1.54) is 0 Å². The average molecular weight is 323 g/mol. The molecule has 1 atom stereocenters. The number of aromatic nitrogens is 1. The molecule has 0 bridgehead atoms. The van der Waals surface area contributed by atoms with E-state index >= 15 is 0 Å². The topological polar surface area (TPSA) is 62.3 Å². The van der Waals surface area contributed by atoms with Crippen molar-refractivity contribution in [2.75, 3.05) is 13.1 Å². The molecule has 1 aromatic carbocycles. The van der Waals surface area contributed by atoms with Crippen molar-refractivity contribution in [1.82, 2.24) is 15.2 Å². The summed E-state index contributed by atoms with van der Waals surface area (Å²) in [5.74, 6) is -0.185. The lowest BCUT2D eigenvalue weighted by Crippen LogP contribution is -2.52. The molecule has 2 heterocycles. The Balaban J connectivity index is 1.67. The molecular formula is C19H21N3O2. The molecule has 3 rings (SSSR count). The van der Waals surface area contributed by atoms with Crippen LogP contribution in [0.15, 0.2) is 48.8 Å². The first-order valence-electron chi connectivity index (χ1n) is 8.25. The van der Waals surface area contributed by atoms with Crippen LogP contribution in [0.3, 0.4) is 0 Å². The van der Waals surface area contributed by atoms with Crippen molar-refractivity contribution in [3.05, 3.63) is 65.5 Å². The van der Waals surface area contributed by atoms with Crippen LogP contribution < -0.4 is 5.32 Å². The smallest absolute Gasteiger partial charge is 0.252 e. The number of carbonyl (C=O) groups is 2. The summed E-state index contributed by atoms with van der Waals surface area (Å²) >= 11 is 0. The van der Waals surface area contributed by atoms with E-state index in [2.05, 4.69) is 10.3 Å². The summed E-state index contributed by atoms with van der Waals surface area (Å²) in [5.41, 5.74) is 2.75. The van der Waals surface area contributed by atoms with Gasteiger partial charge in [0.1, 0.15) is 6.04 Å². The van der Waals surface area contributed by atoms with Gasteiger partial charge in [-0.3, -0.25) is 14.6 Å². The molecule has 1 aliphatic heterocycles. The minimum Gasteiger partial charge on any atom is -0.341 e. The van der Waals surface area contributed by atoms with Crippen molar-refractivity contribution >= 4 is 11.8 Å². The second kappa shape index (κ2) is 7.25. The molecule has 5 heteroatoms. The fourth-order valence-electron chi connectivity index (χ4n) is 3.03. The number of hydrogen-bond donors (Lipinski definition) is 1. The van der Waals surface area contributed by atoms with Crippen molar-refractivity contribution in [3.63, 3.8) is 0 Å². The number of fused-ring (bicyclic) bond motifs is 1. The number of pyridine rings is 1. The monoisotopic (exact) mass is 323 g/mol. The predicted octanol–water partition coefficient (Wildman–Crippen LogP) is 1.83. The normalized spacial score (nSPS) is 16.2. The zero-order valence-corrected chi connectivity index (χ0v) is 13.7. The van der Waals surface area contributed by atoms with Gasteiger partial charge in [0, 0.05) is 37.5 Å². The second-order valence-corrected chi connectivity index (χ2v) is 5.91. The van der Waals surface area contributed by atoms with Gasteiger partial charge in [-0.05, 0) is 42.7 Å². The number of carbonyl (C=O) groups excluding carboxylic acids is 2. The number of hydrogen-bond acceptors (Lipinski definition) is 3. The van der Waals surface area contributed by atoms with Gasteiger partial charge in [0.2, 0.25) is 5.91 Å². The number of amides is 2. The average Bonchev–Trinajstić information content (AvgIpc) is 2.63. The largest absolute Gasteiger partial charge is 0.341 e. The van der Waals surface area contributed by atoms with Crippen molar-refractivity contribution in [1.29, 1.82) is 0 Å². The summed E-state index contributed by atoms with van der Waals surface area (Å²) < 4.78 is 0. The molecule has 5 nitrogen and oxygen atoms in total. The lowest BCUT2D eigenvalue weighted by molar-refractivity contribution is -0.133. The lowest BCUT2D eigenvalue weighted by atomic mass is 9.94. The van der Waals surface area contributed by atoms with E-state index in [1.54, 1.807) is 23.4 Å². The maximum atomic E-state index is 12.8. The van der Waals surface area contributed by atoms with Gasteiger partial charge in [0.25, 0.3) is 5.91 Å². The van der Waals surface area contributed by atoms with Gasteiger partial charge in [-0.1, -0.05) is 18.2 Å². The van der Waals surface area contributed by atoms with Crippen LogP contribution in [0, 0.1) is 0 Å². The molecule has 0 aliphatic carbocycles. The third-order valence-electron chi connectivity index (χ3n) is 4.40. The van der Waals surface area contributed by atoms with Crippen LogP contribution in [0.25, 0.3) is 0 Å². The summed E-state index contributed by atoms with van der Waals surface area (Å²) in [4.78, 5) is 30.8. The molecular weight excluding hydrogens is 302 g/mol. The van der Waals surface area contributed by atoms with Gasteiger partial charge in [-0.2, -0.15) is 0 Å². The third kappa shape index (κ3) is 3.45. The number of benzene rings is 1. The third-order valence-corrected chi connectivity index (χ3v) is 4.40. The lowest BCUT2D eigenvalue weighted by Gasteiger charge is -2.30. The van der Waals surface area contributed by atoms with Crippen molar-refractivity contribution in [3.8, 4) is 0 Å². The molecule has 0 saturated heterocycles. The van der Waals surface area contributed by atoms with E-state index in [1.807, 2.05) is 37.3 Å². The quantitative estimate of drug-likeness (QED) is 0.913. The van der Waals surface area contributed by atoms with Gasteiger partial charge in [-0.25, -0.2) is 0 Å². The van der Waals surface area contributed by atoms with Crippen LogP contribution in [0.5, 0.6) is 0 Å². The Bertz CT molecular complexity index is 730. The summed E-state index contributed by atoms with van der Waals surface area (Å²) in [6, 6.07) is 10.9. The number of nitrogens with one attached hydrogen (secondary N) is 1. The highest BCUT2D eigenvalue weighted by molar-refractivity contribution is 6.00. The van der Waals surface area contributed by atoms with Crippen LogP contribution in [-0.2, 0) is 17.6 Å². The Morgan fingerprint density at radius 2 is 2.00 bits per heavy atom. The molecule has 2 aromatic rings.